The molecule has 0 saturated carbocycles. The second kappa shape index (κ2) is 6.65. The molecular formula is C15H24O2. The molecule has 1 N–H and O–H groups in total. The van der Waals surface area contributed by atoms with Gasteiger partial charge in [-0.2, -0.15) is 0 Å². The van der Waals surface area contributed by atoms with E-state index in [1.54, 1.807) is 6.92 Å². The van der Waals surface area contributed by atoms with E-state index in [-0.39, 0.29) is 12.2 Å². The number of aliphatic hydroxyl groups excluding tert-OH is 1. The molecular weight excluding hydrogens is 212 g/mol. The summed E-state index contributed by atoms with van der Waals surface area (Å²) < 4.78 is 5.92. The second-order valence-corrected chi connectivity index (χ2v) is 4.86. The molecule has 0 heterocycles. The van der Waals surface area contributed by atoms with Crippen LogP contribution in [-0.4, -0.2) is 17.3 Å². The van der Waals surface area contributed by atoms with Crippen molar-refractivity contribution in [3.8, 4) is 5.75 Å². The van der Waals surface area contributed by atoms with Crippen molar-refractivity contribution in [1.82, 2.24) is 0 Å². The summed E-state index contributed by atoms with van der Waals surface area (Å²) in [6, 6.07) is 8.18. The third kappa shape index (κ3) is 4.39. The van der Waals surface area contributed by atoms with Crippen molar-refractivity contribution in [2.45, 2.75) is 58.7 Å². The van der Waals surface area contributed by atoms with Gasteiger partial charge in [0.25, 0.3) is 0 Å². The Morgan fingerprint density at radius 3 is 2.41 bits per heavy atom. The maximum atomic E-state index is 9.35. The fraction of sp³-hybridized carbons (Fsp3) is 0.600. The van der Waals surface area contributed by atoms with Crippen LogP contribution in [0.25, 0.3) is 0 Å². The quantitative estimate of drug-likeness (QED) is 0.815. The fourth-order valence-electron chi connectivity index (χ4n) is 1.96. The van der Waals surface area contributed by atoms with E-state index in [2.05, 4.69) is 19.9 Å². The number of benzene rings is 1. The minimum absolute atomic E-state index is 0.0419. The molecule has 3 atom stereocenters. The van der Waals surface area contributed by atoms with Crippen LogP contribution in [0.2, 0.25) is 0 Å². The van der Waals surface area contributed by atoms with Crippen LogP contribution in [0.15, 0.2) is 24.3 Å². The number of rotatable bonds is 6. The molecule has 0 aromatic heterocycles. The standard InChI is InChI=1S/C15H24O2/c1-5-11(2)14-8-6-7-9-15(14)17-13(4)10-12(3)16/h6-9,11-13,16H,5,10H2,1-4H3. The first-order chi connectivity index (χ1) is 8.04. The van der Waals surface area contributed by atoms with E-state index in [1.807, 2.05) is 25.1 Å². The highest BCUT2D eigenvalue weighted by Gasteiger charge is 2.13. The van der Waals surface area contributed by atoms with Crippen LogP contribution in [0.3, 0.4) is 0 Å². The van der Waals surface area contributed by atoms with E-state index in [9.17, 15) is 5.11 Å². The number of aliphatic hydroxyl groups is 1. The van der Waals surface area contributed by atoms with Crippen LogP contribution in [0.1, 0.15) is 52.0 Å². The normalized spacial score (nSPS) is 16.3. The van der Waals surface area contributed by atoms with Gasteiger partial charge in [0.2, 0.25) is 0 Å². The molecule has 0 amide bonds. The maximum absolute atomic E-state index is 9.35. The highest BCUT2D eigenvalue weighted by atomic mass is 16.5. The van der Waals surface area contributed by atoms with E-state index < -0.39 is 0 Å². The number of hydrogen-bond donors (Lipinski definition) is 1. The van der Waals surface area contributed by atoms with E-state index >= 15 is 0 Å². The van der Waals surface area contributed by atoms with Crippen molar-refractivity contribution >= 4 is 0 Å². The van der Waals surface area contributed by atoms with Crippen LogP contribution >= 0.6 is 0 Å². The summed E-state index contributed by atoms with van der Waals surface area (Å²) in [6.07, 6.45) is 1.49. The Hall–Kier alpha value is -1.02. The molecule has 2 nitrogen and oxygen atoms in total. The maximum Gasteiger partial charge on any atom is 0.123 e. The lowest BCUT2D eigenvalue weighted by Gasteiger charge is -2.20. The zero-order chi connectivity index (χ0) is 12.8. The summed E-state index contributed by atoms with van der Waals surface area (Å²) in [5, 5.41) is 9.35. The SMILES string of the molecule is CCC(C)c1ccccc1OC(C)CC(C)O. The van der Waals surface area contributed by atoms with Gasteiger partial charge in [0.15, 0.2) is 0 Å². The molecule has 0 aliphatic rings. The van der Waals surface area contributed by atoms with Crippen molar-refractivity contribution in [1.29, 1.82) is 0 Å². The van der Waals surface area contributed by atoms with Crippen molar-refractivity contribution in [3.63, 3.8) is 0 Å². The molecule has 1 aromatic carbocycles. The first-order valence-corrected chi connectivity index (χ1v) is 6.48. The van der Waals surface area contributed by atoms with Crippen molar-refractivity contribution in [2.24, 2.45) is 0 Å². The average molecular weight is 236 g/mol. The summed E-state index contributed by atoms with van der Waals surface area (Å²) >= 11 is 0. The van der Waals surface area contributed by atoms with E-state index in [0.29, 0.717) is 12.3 Å². The molecule has 1 rings (SSSR count). The number of para-hydroxylation sites is 1. The van der Waals surface area contributed by atoms with E-state index in [4.69, 9.17) is 4.74 Å². The second-order valence-electron chi connectivity index (χ2n) is 4.86. The lowest BCUT2D eigenvalue weighted by atomic mass is 9.98. The highest BCUT2D eigenvalue weighted by molar-refractivity contribution is 5.36. The van der Waals surface area contributed by atoms with Gasteiger partial charge in [-0.15, -0.1) is 0 Å². The predicted molar refractivity (Wildman–Crippen MR) is 71.5 cm³/mol. The lowest BCUT2D eigenvalue weighted by molar-refractivity contribution is 0.114. The summed E-state index contributed by atoms with van der Waals surface area (Å²) in [7, 11) is 0. The molecule has 0 spiro atoms. The van der Waals surface area contributed by atoms with Crippen molar-refractivity contribution in [3.05, 3.63) is 29.8 Å². The van der Waals surface area contributed by atoms with Gasteiger partial charge in [0.05, 0.1) is 12.2 Å². The number of ether oxygens (including phenoxy) is 1. The Kier molecular flexibility index (Phi) is 5.49. The van der Waals surface area contributed by atoms with Gasteiger partial charge < -0.3 is 9.84 Å². The summed E-state index contributed by atoms with van der Waals surface area (Å²) in [4.78, 5) is 0. The van der Waals surface area contributed by atoms with E-state index in [1.165, 1.54) is 5.56 Å². The third-order valence-electron chi connectivity index (χ3n) is 3.06. The molecule has 2 heteroatoms. The molecule has 0 bridgehead atoms. The zero-order valence-electron chi connectivity index (χ0n) is 11.3. The minimum atomic E-state index is -0.319. The van der Waals surface area contributed by atoms with Gasteiger partial charge in [-0.25, -0.2) is 0 Å². The fourth-order valence-corrected chi connectivity index (χ4v) is 1.96. The van der Waals surface area contributed by atoms with Crippen LogP contribution < -0.4 is 4.74 Å². The Morgan fingerprint density at radius 1 is 1.18 bits per heavy atom. The Labute approximate surface area is 105 Å². The Morgan fingerprint density at radius 2 is 1.82 bits per heavy atom. The Balaban J connectivity index is 2.76. The molecule has 3 unspecified atom stereocenters. The summed E-state index contributed by atoms with van der Waals surface area (Å²) in [5.74, 6) is 1.46. The molecule has 0 aliphatic heterocycles. The zero-order valence-corrected chi connectivity index (χ0v) is 11.3. The third-order valence-corrected chi connectivity index (χ3v) is 3.06. The van der Waals surface area contributed by atoms with Crippen LogP contribution in [-0.2, 0) is 0 Å². The van der Waals surface area contributed by atoms with Gasteiger partial charge in [-0.3, -0.25) is 0 Å². The predicted octanol–water partition coefficient (Wildman–Crippen LogP) is 3.74. The van der Waals surface area contributed by atoms with Gasteiger partial charge in [-0.1, -0.05) is 32.0 Å². The van der Waals surface area contributed by atoms with Crippen LogP contribution in [0.4, 0.5) is 0 Å². The van der Waals surface area contributed by atoms with Gasteiger partial charge in [0.1, 0.15) is 5.75 Å². The molecule has 0 fully saturated rings. The van der Waals surface area contributed by atoms with Crippen LogP contribution in [0.5, 0.6) is 5.75 Å². The van der Waals surface area contributed by atoms with Gasteiger partial charge >= 0.3 is 0 Å². The smallest absolute Gasteiger partial charge is 0.123 e. The first kappa shape index (κ1) is 14.0. The van der Waals surface area contributed by atoms with Crippen molar-refractivity contribution < 1.29 is 9.84 Å². The topological polar surface area (TPSA) is 29.5 Å². The molecule has 0 radical (unpaired) electrons. The van der Waals surface area contributed by atoms with Gasteiger partial charge in [-0.05, 0) is 37.8 Å². The molecule has 0 aliphatic carbocycles. The lowest BCUT2D eigenvalue weighted by Crippen LogP contribution is -2.19. The highest BCUT2D eigenvalue weighted by Crippen LogP contribution is 2.29. The molecule has 96 valence electrons. The summed E-state index contributed by atoms with van der Waals surface area (Å²) in [6.45, 7) is 8.18. The summed E-state index contributed by atoms with van der Waals surface area (Å²) in [5.41, 5.74) is 1.26. The van der Waals surface area contributed by atoms with Crippen LogP contribution in [0, 0.1) is 0 Å². The largest absolute Gasteiger partial charge is 0.490 e. The monoisotopic (exact) mass is 236 g/mol. The van der Waals surface area contributed by atoms with Gasteiger partial charge in [0, 0.05) is 6.42 Å². The molecule has 17 heavy (non-hydrogen) atoms. The Bertz CT molecular complexity index is 333. The molecule has 1 aromatic rings. The first-order valence-electron chi connectivity index (χ1n) is 6.48. The average Bonchev–Trinajstić information content (AvgIpc) is 2.27. The van der Waals surface area contributed by atoms with E-state index in [0.717, 1.165) is 12.2 Å². The van der Waals surface area contributed by atoms with Crippen molar-refractivity contribution in [2.75, 3.05) is 0 Å². The molecule has 0 saturated heterocycles. The number of hydrogen-bond acceptors (Lipinski definition) is 2. The minimum Gasteiger partial charge on any atom is -0.490 e.